The van der Waals surface area contributed by atoms with Crippen LogP contribution in [0.15, 0.2) is 42.5 Å². The van der Waals surface area contributed by atoms with Crippen LogP contribution in [0.25, 0.3) is 0 Å². The molecule has 4 heteroatoms. The molecule has 0 atom stereocenters. The van der Waals surface area contributed by atoms with E-state index in [1.165, 1.54) is 0 Å². The fourth-order valence-electron chi connectivity index (χ4n) is 2.26. The lowest BCUT2D eigenvalue weighted by molar-refractivity contribution is 0.265. The Morgan fingerprint density at radius 2 is 1.55 bits per heavy atom. The molecule has 0 saturated heterocycles. The molecule has 22 heavy (non-hydrogen) atoms. The van der Waals surface area contributed by atoms with Crippen LogP contribution >= 0.6 is 0 Å². The van der Waals surface area contributed by atoms with Crippen molar-refractivity contribution in [1.82, 2.24) is 0 Å². The van der Waals surface area contributed by atoms with Crippen LogP contribution in [0.4, 0.5) is 0 Å². The lowest BCUT2D eigenvalue weighted by atomic mass is 10.1. The van der Waals surface area contributed by atoms with Gasteiger partial charge in [0, 0.05) is 0 Å². The van der Waals surface area contributed by atoms with E-state index in [-0.39, 0.29) is 0 Å². The molecular weight excluding hydrogens is 278 g/mol. The summed E-state index contributed by atoms with van der Waals surface area (Å²) >= 11 is 0. The van der Waals surface area contributed by atoms with Crippen LogP contribution in [0.2, 0.25) is 0 Å². The highest BCUT2D eigenvalue weighted by Gasteiger charge is 2.14. The number of aryl methyl sites for hydroxylation is 1. The van der Waals surface area contributed by atoms with Gasteiger partial charge in [0.25, 0.3) is 0 Å². The van der Waals surface area contributed by atoms with Crippen LogP contribution in [-0.2, 0) is 13.0 Å². The number of hydrogen-bond acceptors (Lipinski definition) is 4. The molecular formula is C18H23NO3. The van der Waals surface area contributed by atoms with Gasteiger partial charge in [0.15, 0.2) is 11.5 Å². The molecule has 0 bridgehead atoms. The summed E-state index contributed by atoms with van der Waals surface area (Å²) < 4.78 is 16.8. The van der Waals surface area contributed by atoms with Crippen molar-refractivity contribution in [3.63, 3.8) is 0 Å². The van der Waals surface area contributed by atoms with E-state index in [9.17, 15) is 0 Å². The monoisotopic (exact) mass is 301 g/mol. The first-order valence-electron chi connectivity index (χ1n) is 7.40. The molecule has 4 nitrogen and oxygen atoms in total. The van der Waals surface area contributed by atoms with E-state index < -0.39 is 0 Å². The molecule has 0 aliphatic carbocycles. The Hall–Kier alpha value is -2.20. The van der Waals surface area contributed by atoms with Crippen molar-refractivity contribution in [3.8, 4) is 17.2 Å². The van der Waals surface area contributed by atoms with Gasteiger partial charge in [0.05, 0.1) is 14.2 Å². The van der Waals surface area contributed by atoms with Gasteiger partial charge in [-0.15, -0.1) is 0 Å². The van der Waals surface area contributed by atoms with E-state index in [1.807, 2.05) is 42.5 Å². The third-order valence-electron chi connectivity index (χ3n) is 3.42. The summed E-state index contributed by atoms with van der Waals surface area (Å²) in [4.78, 5) is 0. The van der Waals surface area contributed by atoms with Crippen molar-refractivity contribution in [3.05, 3.63) is 53.6 Å². The van der Waals surface area contributed by atoms with Crippen LogP contribution < -0.4 is 19.9 Å². The summed E-state index contributed by atoms with van der Waals surface area (Å²) in [6, 6.07) is 14.0. The highest BCUT2D eigenvalue weighted by molar-refractivity contribution is 5.54. The minimum Gasteiger partial charge on any atom is -0.493 e. The average Bonchev–Trinajstić information content (AvgIpc) is 2.58. The van der Waals surface area contributed by atoms with Crippen molar-refractivity contribution in [2.75, 3.05) is 20.8 Å². The molecule has 2 N–H and O–H groups in total. The third-order valence-corrected chi connectivity index (χ3v) is 3.42. The number of hydrogen-bond donors (Lipinski definition) is 1. The number of rotatable bonds is 8. The molecule has 0 fully saturated rings. The van der Waals surface area contributed by atoms with E-state index in [0.29, 0.717) is 30.4 Å². The average molecular weight is 301 g/mol. The van der Waals surface area contributed by atoms with Crippen LogP contribution in [0.3, 0.4) is 0 Å². The van der Waals surface area contributed by atoms with Crippen molar-refractivity contribution in [1.29, 1.82) is 0 Å². The van der Waals surface area contributed by atoms with E-state index in [0.717, 1.165) is 24.0 Å². The van der Waals surface area contributed by atoms with Crippen LogP contribution in [-0.4, -0.2) is 20.8 Å². The molecule has 0 radical (unpaired) electrons. The maximum atomic E-state index is 5.92. The first-order chi connectivity index (χ1) is 10.8. The number of methoxy groups -OCH3 is 2. The van der Waals surface area contributed by atoms with Crippen LogP contribution in [0.5, 0.6) is 17.2 Å². The second-order valence-electron chi connectivity index (χ2n) is 5.00. The highest BCUT2D eigenvalue weighted by Crippen LogP contribution is 2.39. The summed E-state index contributed by atoms with van der Waals surface area (Å²) in [7, 11) is 3.27. The van der Waals surface area contributed by atoms with E-state index in [2.05, 4.69) is 0 Å². The SMILES string of the molecule is COc1cc(CCCN)cc(OC)c1OCc1ccccc1. The Morgan fingerprint density at radius 1 is 0.909 bits per heavy atom. The van der Waals surface area contributed by atoms with Crippen LogP contribution in [0.1, 0.15) is 17.5 Å². The second kappa shape index (κ2) is 8.29. The third kappa shape index (κ3) is 4.15. The first kappa shape index (κ1) is 16.2. The number of nitrogens with two attached hydrogens (primary N) is 1. The summed E-state index contributed by atoms with van der Waals surface area (Å²) in [5.41, 5.74) is 7.80. The van der Waals surface area contributed by atoms with E-state index in [4.69, 9.17) is 19.9 Å². The maximum Gasteiger partial charge on any atom is 0.203 e. The zero-order chi connectivity index (χ0) is 15.8. The van der Waals surface area contributed by atoms with Crippen LogP contribution in [0, 0.1) is 0 Å². The molecule has 0 heterocycles. The van der Waals surface area contributed by atoms with Crippen molar-refractivity contribution >= 4 is 0 Å². The Labute approximate surface area is 131 Å². The van der Waals surface area contributed by atoms with Gasteiger partial charge in [0.1, 0.15) is 6.61 Å². The Morgan fingerprint density at radius 3 is 2.09 bits per heavy atom. The van der Waals surface area contributed by atoms with Crippen molar-refractivity contribution < 1.29 is 14.2 Å². The van der Waals surface area contributed by atoms with Gasteiger partial charge in [-0.05, 0) is 42.6 Å². The molecule has 2 aromatic rings. The van der Waals surface area contributed by atoms with Crippen molar-refractivity contribution in [2.45, 2.75) is 19.4 Å². The highest BCUT2D eigenvalue weighted by atomic mass is 16.5. The lowest BCUT2D eigenvalue weighted by Crippen LogP contribution is -2.03. The largest absolute Gasteiger partial charge is 0.493 e. The predicted octanol–water partition coefficient (Wildman–Crippen LogP) is 3.17. The van der Waals surface area contributed by atoms with Gasteiger partial charge in [-0.2, -0.15) is 0 Å². The minimum absolute atomic E-state index is 0.468. The smallest absolute Gasteiger partial charge is 0.203 e. The van der Waals surface area contributed by atoms with Gasteiger partial charge in [0.2, 0.25) is 5.75 Å². The summed E-state index contributed by atoms with van der Waals surface area (Å²) in [6.07, 6.45) is 1.82. The number of benzene rings is 2. The molecule has 2 rings (SSSR count). The molecule has 0 spiro atoms. The molecule has 0 aliphatic rings. The van der Waals surface area contributed by atoms with Gasteiger partial charge < -0.3 is 19.9 Å². The zero-order valence-electron chi connectivity index (χ0n) is 13.2. The molecule has 0 amide bonds. The second-order valence-corrected chi connectivity index (χ2v) is 5.00. The maximum absolute atomic E-state index is 5.92. The summed E-state index contributed by atoms with van der Waals surface area (Å²) in [5.74, 6) is 2.00. The standard InChI is InChI=1S/C18H23NO3/c1-20-16-11-15(9-6-10-19)12-17(21-2)18(16)22-13-14-7-4-3-5-8-14/h3-5,7-8,11-12H,6,9-10,13,19H2,1-2H3. The molecule has 0 unspecified atom stereocenters. The lowest BCUT2D eigenvalue weighted by Gasteiger charge is -2.16. The molecule has 0 saturated carbocycles. The summed E-state index contributed by atoms with van der Waals surface area (Å²) in [5, 5.41) is 0. The zero-order valence-corrected chi connectivity index (χ0v) is 13.2. The van der Waals surface area contributed by atoms with Gasteiger partial charge >= 0.3 is 0 Å². The normalized spacial score (nSPS) is 10.3. The molecule has 2 aromatic carbocycles. The molecule has 0 aliphatic heterocycles. The topological polar surface area (TPSA) is 53.7 Å². The fourth-order valence-corrected chi connectivity index (χ4v) is 2.26. The fraction of sp³-hybridized carbons (Fsp3) is 0.333. The van der Waals surface area contributed by atoms with E-state index >= 15 is 0 Å². The molecule has 0 aromatic heterocycles. The van der Waals surface area contributed by atoms with Gasteiger partial charge in [-0.3, -0.25) is 0 Å². The van der Waals surface area contributed by atoms with Gasteiger partial charge in [-0.1, -0.05) is 30.3 Å². The Bertz CT molecular complexity index is 559. The minimum atomic E-state index is 0.468. The van der Waals surface area contributed by atoms with Crippen molar-refractivity contribution in [2.24, 2.45) is 5.73 Å². The summed E-state index contributed by atoms with van der Waals surface area (Å²) in [6.45, 7) is 1.13. The first-order valence-corrected chi connectivity index (χ1v) is 7.40. The predicted molar refractivity (Wildman–Crippen MR) is 87.7 cm³/mol. The molecule has 118 valence electrons. The quantitative estimate of drug-likeness (QED) is 0.813. The van der Waals surface area contributed by atoms with Gasteiger partial charge in [-0.25, -0.2) is 0 Å². The Balaban J connectivity index is 2.21. The van der Waals surface area contributed by atoms with E-state index in [1.54, 1.807) is 14.2 Å². The Kier molecular flexibility index (Phi) is 6.10. The number of ether oxygens (including phenoxy) is 3.